The van der Waals surface area contributed by atoms with E-state index in [0.29, 0.717) is 10.1 Å². The minimum Gasteiger partial charge on any atom is -0.459 e. The second-order valence-corrected chi connectivity index (χ2v) is 15.9. The SMILES string of the molecule is CC(C)(C)[Si](C)(C)O[C@H]1[C@H](F)[C@H](n2ccc(=O)n(C(=O)c3ccccc3)c2=O)O[C@@H]1COC(=O)c1ccccc1. The fourth-order valence-corrected chi connectivity index (χ4v) is 5.42. The predicted octanol–water partition coefficient (Wildman–Crippen LogP) is 4.18. The number of aromatic nitrogens is 2. The summed E-state index contributed by atoms with van der Waals surface area (Å²) in [4.78, 5) is 51.6. The lowest BCUT2D eigenvalue weighted by molar-refractivity contribution is -0.0546. The van der Waals surface area contributed by atoms with E-state index in [-0.39, 0.29) is 17.2 Å². The molecule has 1 aliphatic heterocycles. The van der Waals surface area contributed by atoms with Gasteiger partial charge in [0, 0.05) is 17.8 Å². The van der Waals surface area contributed by atoms with Crippen molar-refractivity contribution >= 4 is 20.2 Å². The zero-order valence-corrected chi connectivity index (χ0v) is 24.1. The zero-order valence-electron chi connectivity index (χ0n) is 23.1. The monoisotopic (exact) mass is 568 g/mol. The summed E-state index contributed by atoms with van der Waals surface area (Å²) in [6.07, 6.45) is -4.54. The lowest BCUT2D eigenvalue weighted by atomic mass is 10.1. The van der Waals surface area contributed by atoms with Crippen LogP contribution in [-0.4, -0.2) is 54.3 Å². The van der Waals surface area contributed by atoms with Gasteiger partial charge in [-0.15, -0.1) is 0 Å². The van der Waals surface area contributed by atoms with Crippen molar-refractivity contribution in [2.45, 2.75) is 63.5 Å². The van der Waals surface area contributed by atoms with Crippen molar-refractivity contribution in [3.05, 3.63) is 105 Å². The van der Waals surface area contributed by atoms with Crippen LogP contribution in [0.15, 0.2) is 82.5 Å². The standard InChI is InChI=1S/C29H33FN2O7Si/c1-29(2,3)40(4,5)39-24-21(18-37-27(35)20-14-10-7-11-15-20)38-26(23(24)30)31-17-16-22(33)32(28(31)36)25(34)19-12-8-6-9-13-19/h6-17,21,23-24,26H,18H2,1-5H3/t21-,23+,24-,26-/m1/s1. The molecule has 1 saturated heterocycles. The van der Waals surface area contributed by atoms with E-state index < -0.39 is 56.1 Å². The number of alkyl halides is 1. The average Bonchev–Trinajstić information content (AvgIpc) is 3.21. The van der Waals surface area contributed by atoms with Crippen molar-refractivity contribution in [3.63, 3.8) is 0 Å². The number of carbonyl (C=O) groups excluding carboxylic acids is 2. The molecule has 0 bridgehead atoms. The minimum atomic E-state index is -2.56. The fourth-order valence-electron chi connectivity index (χ4n) is 4.11. The van der Waals surface area contributed by atoms with Gasteiger partial charge in [0.25, 0.3) is 11.5 Å². The highest BCUT2D eigenvalue weighted by Gasteiger charge is 2.52. The van der Waals surface area contributed by atoms with Crippen LogP contribution < -0.4 is 11.2 Å². The number of hydrogen-bond acceptors (Lipinski definition) is 7. The third-order valence-corrected chi connectivity index (χ3v) is 11.9. The van der Waals surface area contributed by atoms with Gasteiger partial charge in [0.15, 0.2) is 20.7 Å². The van der Waals surface area contributed by atoms with Gasteiger partial charge < -0.3 is 13.9 Å². The summed E-state index contributed by atoms with van der Waals surface area (Å²) < 4.78 is 35.3. The van der Waals surface area contributed by atoms with Crippen molar-refractivity contribution < 1.29 is 27.9 Å². The molecular formula is C29H33FN2O7Si. The van der Waals surface area contributed by atoms with Crippen LogP contribution in [0.2, 0.25) is 18.1 Å². The molecule has 4 atom stereocenters. The molecule has 1 aliphatic rings. The maximum atomic E-state index is 16.2. The topological polar surface area (TPSA) is 106 Å². The lowest BCUT2D eigenvalue weighted by Crippen LogP contribution is -2.49. The molecule has 0 aliphatic carbocycles. The number of hydrogen-bond donors (Lipinski definition) is 0. The van der Waals surface area contributed by atoms with Crippen LogP contribution >= 0.6 is 0 Å². The van der Waals surface area contributed by atoms with E-state index in [4.69, 9.17) is 13.9 Å². The molecule has 212 valence electrons. The van der Waals surface area contributed by atoms with Gasteiger partial charge in [-0.1, -0.05) is 57.2 Å². The summed E-state index contributed by atoms with van der Waals surface area (Å²) in [5, 5.41) is -0.276. The molecule has 0 spiro atoms. The molecule has 2 aromatic carbocycles. The Hall–Kier alpha value is -3.67. The van der Waals surface area contributed by atoms with E-state index in [2.05, 4.69) is 0 Å². The van der Waals surface area contributed by atoms with E-state index in [0.717, 1.165) is 16.8 Å². The highest BCUT2D eigenvalue weighted by Crippen LogP contribution is 2.42. The summed E-state index contributed by atoms with van der Waals surface area (Å²) in [5.74, 6) is -1.46. The van der Waals surface area contributed by atoms with Gasteiger partial charge in [0.1, 0.15) is 18.8 Å². The van der Waals surface area contributed by atoms with Gasteiger partial charge in [-0.05, 0) is 42.4 Å². The van der Waals surface area contributed by atoms with Crippen molar-refractivity contribution in [1.29, 1.82) is 0 Å². The van der Waals surface area contributed by atoms with Crippen LogP contribution in [0.1, 0.15) is 47.7 Å². The summed E-state index contributed by atoms with van der Waals surface area (Å²) >= 11 is 0. The summed E-state index contributed by atoms with van der Waals surface area (Å²) in [5.41, 5.74) is -1.47. The third kappa shape index (κ3) is 5.91. The van der Waals surface area contributed by atoms with E-state index in [1.165, 1.54) is 12.1 Å². The van der Waals surface area contributed by atoms with Crippen molar-refractivity contribution in [2.75, 3.05) is 6.61 Å². The Kier molecular flexibility index (Phi) is 8.38. The van der Waals surface area contributed by atoms with E-state index in [1.807, 2.05) is 33.9 Å². The molecule has 2 heterocycles. The number of esters is 1. The number of carbonyl (C=O) groups is 2. The smallest absolute Gasteiger partial charge is 0.340 e. The largest absolute Gasteiger partial charge is 0.459 e. The maximum Gasteiger partial charge on any atom is 0.340 e. The van der Waals surface area contributed by atoms with E-state index >= 15 is 4.39 Å². The molecule has 11 heteroatoms. The lowest BCUT2D eigenvalue weighted by Gasteiger charge is -2.39. The fraction of sp³-hybridized carbons (Fsp3) is 0.379. The molecule has 3 aromatic rings. The summed E-state index contributed by atoms with van der Waals surface area (Å²) in [6.45, 7) is 9.57. The maximum absolute atomic E-state index is 16.2. The Morgan fingerprint density at radius 2 is 1.52 bits per heavy atom. The van der Waals surface area contributed by atoms with Crippen LogP contribution in [0.4, 0.5) is 4.39 Å². The second-order valence-electron chi connectivity index (χ2n) is 11.2. The Bertz CT molecular complexity index is 1480. The zero-order chi connectivity index (χ0) is 29.2. The molecule has 0 saturated carbocycles. The van der Waals surface area contributed by atoms with Crippen LogP contribution in [0.3, 0.4) is 0 Å². The van der Waals surface area contributed by atoms with Gasteiger partial charge in [0.2, 0.25) is 0 Å². The van der Waals surface area contributed by atoms with Crippen LogP contribution in [0.5, 0.6) is 0 Å². The van der Waals surface area contributed by atoms with Crippen molar-refractivity contribution in [2.24, 2.45) is 0 Å². The van der Waals surface area contributed by atoms with Crippen molar-refractivity contribution in [1.82, 2.24) is 9.13 Å². The normalized spacial score (nSPS) is 21.2. The predicted molar refractivity (Wildman–Crippen MR) is 149 cm³/mol. The molecule has 9 nitrogen and oxygen atoms in total. The van der Waals surface area contributed by atoms with Gasteiger partial charge in [-0.2, -0.15) is 4.57 Å². The Morgan fingerprint density at radius 1 is 0.950 bits per heavy atom. The number of nitrogens with zero attached hydrogens (tertiary/aromatic N) is 2. The molecule has 1 fully saturated rings. The highest BCUT2D eigenvalue weighted by molar-refractivity contribution is 6.74. The molecule has 1 aromatic heterocycles. The van der Waals surface area contributed by atoms with Crippen LogP contribution in [0, 0.1) is 0 Å². The van der Waals surface area contributed by atoms with Gasteiger partial charge in [-0.3, -0.25) is 14.2 Å². The van der Waals surface area contributed by atoms with E-state index in [9.17, 15) is 19.2 Å². The first kappa shape index (κ1) is 29.3. The molecule has 0 N–H and O–H groups in total. The van der Waals surface area contributed by atoms with Gasteiger partial charge in [0.05, 0.1) is 5.56 Å². The molecule has 0 unspecified atom stereocenters. The number of benzene rings is 2. The van der Waals surface area contributed by atoms with Gasteiger partial charge in [-0.25, -0.2) is 14.0 Å². The molecule has 0 radical (unpaired) electrons. The first-order valence-electron chi connectivity index (χ1n) is 13.0. The quantitative estimate of drug-likeness (QED) is 0.311. The molecular weight excluding hydrogens is 535 g/mol. The number of halogens is 1. The van der Waals surface area contributed by atoms with E-state index in [1.54, 1.807) is 48.5 Å². The number of rotatable bonds is 7. The van der Waals surface area contributed by atoms with Crippen LogP contribution in [0.25, 0.3) is 0 Å². The summed E-state index contributed by atoms with van der Waals surface area (Å²) in [7, 11) is -2.56. The highest BCUT2D eigenvalue weighted by atomic mass is 28.4. The Balaban J connectivity index is 1.67. The second kappa shape index (κ2) is 11.4. The Morgan fingerprint density at radius 3 is 2.10 bits per heavy atom. The third-order valence-electron chi connectivity index (χ3n) is 7.40. The van der Waals surface area contributed by atoms with Gasteiger partial charge >= 0.3 is 11.7 Å². The molecule has 4 rings (SSSR count). The Labute approximate surface area is 232 Å². The molecule has 0 amide bonds. The minimum absolute atomic E-state index is 0.119. The number of ether oxygens (including phenoxy) is 2. The first-order chi connectivity index (χ1) is 18.8. The first-order valence-corrected chi connectivity index (χ1v) is 15.9. The van der Waals surface area contributed by atoms with Crippen molar-refractivity contribution in [3.8, 4) is 0 Å². The molecule has 40 heavy (non-hydrogen) atoms. The average molecular weight is 569 g/mol. The summed E-state index contributed by atoms with van der Waals surface area (Å²) in [6, 6.07) is 17.2. The van der Waals surface area contributed by atoms with Crippen LogP contribution in [-0.2, 0) is 13.9 Å².